The van der Waals surface area contributed by atoms with Gasteiger partial charge >= 0.3 is 0 Å². The molecule has 2 aromatic rings. The number of hydrogen-bond donors (Lipinski definition) is 2. The molecule has 7 heteroatoms. The summed E-state index contributed by atoms with van der Waals surface area (Å²) in [6.45, 7) is -0.148. The number of amides is 2. The first-order valence-electron chi connectivity index (χ1n) is 8.07. The second kappa shape index (κ2) is 10.4. The summed E-state index contributed by atoms with van der Waals surface area (Å²) >= 11 is 1.62. The van der Waals surface area contributed by atoms with Crippen LogP contribution >= 0.6 is 11.8 Å². The zero-order valence-electron chi connectivity index (χ0n) is 14.8. The third-order valence-corrected chi connectivity index (χ3v) is 4.00. The summed E-state index contributed by atoms with van der Waals surface area (Å²) in [5, 5.41) is 5.56. The Hall–Kier alpha value is -2.67. The number of nitrogens with one attached hydrogen (secondary N) is 2. The summed E-state index contributed by atoms with van der Waals surface area (Å²) in [6.07, 6.45) is 2.40. The lowest BCUT2D eigenvalue weighted by molar-refractivity contribution is -0.118. The predicted molar refractivity (Wildman–Crippen MR) is 105 cm³/mol. The van der Waals surface area contributed by atoms with E-state index in [1.807, 2.05) is 12.3 Å². The van der Waals surface area contributed by atoms with Crippen LogP contribution < -0.4 is 20.1 Å². The van der Waals surface area contributed by atoms with Gasteiger partial charge in [-0.15, -0.1) is 0 Å². The van der Waals surface area contributed by atoms with E-state index in [1.165, 1.54) is 0 Å². The Labute approximate surface area is 157 Å². The number of para-hydroxylation sites is 2. The van der Waals surface area contributed by atoms with E-state index in [2.05, 4.69) is 10.6 Å². The van der Waals surface area contributed by atoms with Crippen molar-refractivity contribution in [1.82, 2.24) is 0 Å². The second-order valence-electron chi connectivity index (χ2n) is 5.36. The van der Waals surface area contributed by atoms with E-state index in [0.717, 1.165) is 5.75 Å². The quantitative estimate of drug-likeness (QED) is 0.703. The Morgan fingerprint density at radius 3 is 2.27 bits per heavy atom. The van der Waals surface area contributed by atoms with Crippen molar-refractivity contribution in [3.8, 4) is 11.5 Å². The van der Waals surface area contributed by atoms with Gasteiger partial charge in [-0.05, 0) is 36.6 Å². The maximum absolute atomic E-state index is 12.1. The van der Waals surface area contributed by atoms with E-state index < -0.39 is 0 Å². The highest BCUT2D eigenvalue weighted by atomic mass is 32.2. The zero-order valence-corrected chi connectivity index (χ0v) is 15.6. The minimum absolute atomic E-state index is 0.0534. The molecule has 0 atom stereocenters. The van der Waals surface area contributed by atoms with Crippen molar-refractivity contribution in [3.63, 3.8) is 0 Å². The van der Waals surface area contributed by atoms with Gasteiger partial charge in [0.15, 0.2) is 18.1 Å². The number of carbonyl (C=O) groups is 2. The summed E-state index contributed by atoms with van der Waals surface area (Å²) in [7, 11) is 1.54. The number of anilines is 2. The highest BCUT2D eigenvalue weighted by Crippen LogP contribution is 2.25. The van der Waals surface area contributed by atoms with Crippen molar-refractivity contribution in [2.45, 2.75) is 6.42 Å². The summed E-state index contributed by atoms with van der Waals surface area (Å²) in [4.78, 5) is 23.9. The molecule has 0 bridgehead atoms. The molecular formula is C19H22N2O4S. The third kappa shape index (κ3) is 6.33. The van der Waals surface area contributed by atoms with Gasteiger partial charge in [0.05, 0.1) is 7.11 Å². The third-order valence-electron chi connectivity index (χ3n) is 3.39. The van der Waals surface area contributed by atoms with E-state index >= 15 is 0 Å². The van der Waals surface area contributed by atoms with Gasteiger partial charge < -0.3 is 20.1 Å². The average molecular weight is 374 g/mol. The molecule has 26 heavy (non-hydrogen) atoms. The molecular weight excluding hydrogens is 352 g/mol. The molecule has 6 nitrogen and oxygen atoms in total. The second-order valence-corrected chi connectivity index (χ2v) is 6.35. The van der Waals surface area contributed by atoms with Crippen LogP contribution in [0.1, 0.15) is 6.42 Å². The van der Waals surface area contributed by atoms with Crippen LogP contribution in [-0.4, -0.2) is 37.5 Å². The lowest BCUT2D eigenvalue weighted by atomic mass is 10.2. The Balaban J connectivity index is 1.88. The van der Waals surface area contributed by atoms with Gasteiger partial charge in [0.2, 0.25) is 5.91 Å². The maximum atomic E-state index is 12.1. The van der Waals surface area contributed by atoms with E-state index in [0.29, 0.717) is 29.3 Å². The number of carbonyl (C=O) groups excluding carboxylic acids is 2. The highest BCUT2D eigenvalue weighted by molar-refractivity contribution is 7.98. The van der Waals surface area contributed by atoms with Crippen LogP contribution in [0, 0.1) is 0 Å². The van der Waals surface area contributed by atoms with Gasteiger partial charge in [-0.1, -0.05) is 18.2 Å². The van der Waals surface area contributed by atoms with Gasteiger partial charge in [-0.25, -0.2) is 0 Å². The number of benzene rings is 2. The molecule has 0 saturated heterocycles. The summed E-state index contributed by atoms with van der Waals surface area (Å²) in [5.41, 5.74) is 1.22. The standard InChI is InChI=1S/C19H22N2O4S/c1-24-16-8-3-4-9-17(16)25-13-19(23)21-15-7-5-6-14(12-15)20-18(22)10-11-26-2/h3-9,12H,10-11,13H2,1-2H3,(H,20,22)(H,21,23). The highest BCUT2D eigenvalue weighted by Gasteiger charge is 2.08. The summed E-state index contributed by atoms with van der Waals surface area (Å²) in [5.74, 6) is 1.47. The van der Waals surface area contributed by atoms with Crippen LogP contribution in [0.4, 0.5) is 11.4 Å². The fourth-order valence-corrected chi connectivity index (χ4v) is 2.56. The number of methoxy groups -OCH3 is 1. The van der Waals surface area contributed by atoms with E-state index in [9.17, 15) is 9.59 Å². The predicted octanol–water partition coefficient (Wildman–Crippen LogP) is 3.40. The Morgan fingerprint density at radius 1 is 0.962 bits per heavy atom. The first kappa shape index (κ1) is 19.7. The number of rotatable bonds is 9. The molecule has 138 valence electrons. The topological polar surface area (TPSA) is 76.7 Å². The first-order valence-corrected chi connectivity index (χ1v) is 9.46. The van der Waals surface area contributed by atoms with Crippen LogP contribution in [0.15, 0.2) is 48.5 Å². The Kier molecular flexibility index (Phi) is 7.82. The van der Waals surface area contributed by atoms with Gasteiger partial charge in [0, 0.05) is 23.5 Å². The molecule has 0 saturated carbocycles. The van der Waals surface area contributed by atoms with Gasteiger partial charge in [-0.3, -0.25) is 9.59 Å². The lowest BCUT2D eigenvalue weighted by Gasteiger charge is -2.11. The van der Waals surface area contributed by atoms with E-state index in [1.54, 1.807) is 61.3 Å². The van der Waals surface area contributed by atoms with Crippen molar-refractivity contribution in [2.75, 3.05) is 36.4 Å². The zero-order chi connectivity index (χ0) is 18.8. The number of ether oxygens (including phenoxy) is 2. The largest absolute Gasteiger partial charge is 0.493 e. The SMILES string of the molecule is COc1ccccc1OCC(=O)Nc1cccc(NC(=O)CCSC)c1. The van der Waals surface area contributed by atoms with E-state index in [4.69, 9.17) is 9.47 Å². The average Bonchev–Trinajstić information content (AvgIpc) is 2.65. The molecule has 2 amide bonds. The minimum atomic E-state index is -0.304. The van der Waals surface area contributed by atoms with Crippen molar-refractivity contribution >= 4 is 35.0 Å². The summed E-state index contributed by atoms with van der Waals surface area (Å²) < 4.78 is 10.7. The molecule has 0 spiro atoms. The molecule has 0 unspecified atom stereocenters. The fourth-order valence-electron chi connectivity index (χ4n) is 2.17. The van der Waals surface area contributed by atoms with Crippen molar-refractivity contribution < 1.29 is 19.1 Å². The van der Waals surface area contributed by atoms with Gasteiger partial charge in [-0.2, -0.15) is 11.8 Å². The number of hydrogen-bond acceptors (Lipinski definition) is 5. The lowest BCUT2D eigenvalue weighted by Crippen LogP contribution is -2.20. The summed E-state index contributed by atoms with van der Waals surface area (Å²) in [6, 6.07) is 14.1. The smallest absolute Gasteiger partial charge is 0.262 e. The van der Waals surface area contributed by atoms with Crippen LogP contribution in [0.2, 0.25) is 0 Å². The minimum Gasteiger partial charge on any atom is -0.493 e. The van der Waals surface area contributed by atoms with E-state index in [-0.39, 0.29) is 18.4 Å². The van der Waals surface area contributed by atoms with Gasteiger partial charge in [0.25, 0.3) is 5.91 Å². The van der Waals surface area contributed by atoms with Crippen LogP contribution in [0.25, 0.3) is 0 Å². The maximum Gasteiger partial charge on any atom is 0.262 e. The normalized spacial score (nSPS) is 10.1. The molecule has 0 fully saturated rings. The number of thioether (sulfide) groups is 1. The molecule has 0 aliphatic heterocycles. The monoisotopic (exact) mass is 374 g/mol. The molecule has 0 aliphatic rings. The molecule has 2 aromatic carbocycles. The fraction of sp³-hybridized carbons (Fsp3) is 0.263. The molecule has 2 N–H and O–H groups in total. The molecule has 0 aromatic heterocycles. The molecule has 0 aliphatic carbocycles. The van der Waals surface area contributed by atoms with Crippen molar-refractivity contribution in [3.05, 3.63) is 48.5 Å². The van der Waals surface area contributed by atoms with Crippen molar-refractivity contribution in [1.29, 1.82) is 0 Å². The Bertz CT molecular complexity index is 752. The molecule has 0 heterocycles. The van der Waals surface area contributed by atoms with Crippen LogP contribution in [0.3, 0.4) is 0 Å². The van der Waals surface area contributed by atoms with Crippen LogP contribution in [0.5, 0.6) is 11.5 Å². The molecule has 2 rings (SSSR count). The Morgan fingerprint density at radius 2 is 1.62 bits per heavy atom. The molecule has 0 radical (unpaired) electrons. The van der Waals surface area contributed by atoms with Crippen molar-refractivity contribution in [2.24, 2.45) is 0 Å². The van der Waals surface area contributed by atoms with Gasteiger partial charge in [0.1, 0.15) is 0 Å². The first-order chi connectivity index (χ1) is 12.6. The van der Waals surface area contributed by atoms with Crippen LogP contribution in [-0.2, 0) is 9.59 Å².